The molecule has 0 bridgehead atoms. The Hall–Kier alpha value is -3.15. The fourth-order valence-corrected chi connectivity index (χ4v) is 2.75. The Kier molecular flexibility index (Phi) is 6.11. The average molecular weight is 354 g/mol. The maximum atomic E-state index is 12.3. The normalized spacial score (nSPS) is 10.0. The molecule has 136 valence electrons. The first kappa shape index (κ1) is 19.2. The number of aryl methyl sites for hydroxylation is 1. The van der Waals surface area contributed by atoms with Crippen molar-refractivity contribution in [1.82, 2.24) is 9.55 Å². The van der Waals surface area contributed by atoms with Gasteiger partial charge in [-0.15, -0.1) is 0 Å². The molecule has 3 aromatic rings. The number of fused-ring (bicyclic) bond motifs is 1. The molecule has 0 atom stereocenters. The molecule has 1 aromatic carbocycles. The molecule has 0 N–H and O–H groups in total. The van der Waals surface area contributed by atoms with Crippen LogP contribution in [0.15, 0.2) is 41.6 Å². The number of nitrogens with zero attached hydrogens (tertiary/aromatic N) is 2. The number of aldehydes is 1. The highest BCUT2D eigenvalue weighted by molar-refractivity contribution is 5.97. The first-order valence-corrected chi connectivity index (χ1v) is 8.25. The van der Waals surface area contributed by atoms with Gasteiger partial charge in [0, 0.05) is 31.2 Å². The average Bonchev–Trinajstić information content (AvgIpc) is 2.71. The molecule has 0 saturated heterocycles. The Morgan fingerprint density at radius 2 is 1.69 bits per heavy atom. The second kappa shape index (κ2) is 8.29. The number of rotatable bonds is 4. The summed E-state index contributed by atoms with van der Waals surface area (Å²) in [6, 6.07) is 5.30. The first-order valence-electron chi connectivity index (χ1n) is 8.25. The predicted octanol–water partition coefficient (Wildman–Crippen LogP) is 3.46. The Morgan fingerprint density at radius 1 is 1.08 bits per heavy atom. The van der Waals surface area contributed by atoms with E-state index in [2.05, 4.69) is 4.98 Å². The molecule has 6 nitrogen and oxygen atoms in total. The minimum atomic E-state index is -0.120. The number of aromatic nitrogens is 2. The SMILES string of the molecule is CC.COc1cc(-c2cn(C)c(=O)c3cnccc23)cc(OC)c1C=O. The number of hydrogen-bond donors (Lipinski definition) is 0. The summed E-state index contributed by atoms with van der Waals surface area (Å²) in [7, 11) is 4.68. The Morgan fingerprint density at radius 3 is 2.23 bits per heavy atom. The third-order valence-corrected chi connectivity index (χ3v) is 3.96. The highest BCUT2D eigenvalue weighted by atomic mass is 16.5. The molecule has 0 unspecified atom stereocenters. The molecule has 2 aromatic heterocycles. The zero-order valence-corrected chi connectivity index (χ0v) is 15.6. The van der Waals surface area contributed by atoms with Gasteiger partial charge in [-0.05, 0) is 29.1 Å². The van der Waals surface area contributed by atoms with Gasteiger partial charge in [-0.1, -0.05) is 13.8 Å². The van der Waals surface area contributed by atoms with E-state index in [1.165, 1.54) is 18.8 Å². The number of ether oxygens (including phenoxy) is 2. The highest BCUT2D eigenvalue weighted by Crippen LogP contribution is 2.36. The van der Waals surface area contributed by atoms with Crippen LogP contribution in [0, 0.1) is 0 Å². The standard InChI is InChI=1S/C18H16N2O4.C2H6/c1-20-9-14(12-4-5-19-8-13(12)18(20)22)11-6-16(23-2)15(10-21)17(7-11)24-3;1-2/h4-10H,1-3H3;1-2H3. The molecule has 26 heavy (non-hydrogen) atoms. The third-order valence-electron chi connectivity index (χ3n) is 3.96. The van der Waals surface area contributed by atoms with Gasteiger partial charge in [0.2, 0.25) is 0 Å². The summed E-state index contributed by atoms with van der Waals surface area (Å²) in [4.78, 5) is 27.6. The van der Waals surface area contributed by atoms with Crippen molar-refractivity contribution < 1.29 is 14.3 Å². The van der Waals surface area contributed by atoms with E-state index in [1.807, 2.05) is 13.8 Å². The lowest BCUT2D eigenvalue weighted by Crippen LogP contribution is -2.16. The molecule has 3 rings (SSSR count). The van der Waals surface area contributed by atoms with Gasteiger partial charge in [0.05, 0.1) is 25.2 Å². The number of pyridine rings is 2. The fourth-order valence-electron chi connectivity index (χ4n) is 2.75. The fraction of sp³-hybridized carbons (Fsp3) is 0.250. The smallest absolute Gasteiger partial charge is 0.259 e. The molecule has 2 heterocycles. The molecule has 0 amide bonds. The number of carbonyl (C=O) groups excluding carboxylic acids is 1. The molecule has 0 saturated carbocycles. The van der Waals surface area contributed by atoms with Crippen LogP contribution >= 0.6 is 0 Å². The van der Waals surface area contributed by atoms with E-state index in [1.54, 1.807) is 43.8 Å². The van der Waals surface area contributed by atoms with Crippen molar-refractivity contribution in [3.05, 3.63) is 52.7 Å². The van der Waals surface area contributed by atoms with Crippen LogP contribution in [0.5, 0.6) is 11.5 Å². The van der Waals surface area contributed by atoms with Crippen molar-refractivity contribution in [3.8, 4) is 22.6 Å². The number of methoxy groups -OCH3 is 2. The van der Waals surface area contributed by atoms with Crippen molar-refractivity contribution >= 4 is 17.1 Å². The van der Waals surface area contributed by atoms with Crippen LogP contribution in [-0.2, 0) is 7.05 Å². The molecular formula is C20H22N2O4. The van der Waals surface area contributed by atoms with E-state index in [9.17, 15) is 9.59 Å². The van der Waals surface area contributed by atoms with Crippen LogP contribution in [0.3, 0.4) is 0 Å². The minimum Gasteiger partial charge on any atom is -0.496 e. The largest absolute Gasteiger partial charge is 0.496 e. The minimum absolute atomic E-state index is 0.120. The third kappa shape index (κ3) is 3.31. The maximum absolute atomic E-state index is 12.3. The zero-order chi connectivity index (χ0) is 19.3. The van der Waals surface area contributed by atoms with Crippen LogP contribution < -0.4 is 15.0 Å². The summed E-state index contributed by atoms with van der Waals surface area (Å²) < 4.78 is 12.1. The van der Waals surface area contributed by atoms with Gasteiger partial charge in [0.25, 0.3) is 5.56 Å². The van der Waals surface area contributed by atoms with Gasteiger partial charge >= 0.3 is 0 Å². The molecule has 6 heteroatoms. The van der Waals surface area contributed by atoms with Crippen molar-refractivity contribution in [3.63, 3.8) is 0 Å². The molecular weight excluding hydrogens is 332 g/mol. The summed E-state index contributed by atoms with van der Waals surface area (Å²) in [6.45, 7) is 4.00. The summed E-state index contributed by atoms with van der Waals surface area (Å²) in [5, 5.41) is 1.30. The molecule has 0 spiro atoms. The van der Waals surface area contributed by atoms with Crippen molar-refractivity contribution in [2.24, 2.45) is 7.05 Å². The van der Waals surface area contributed by atoms with Crippen LogP contribution in [-0.4, -0.2) is 30.1 Å². The van der Waals surface area contributed by atoms with E-state index in [4.69, 9.17) is 9.47 Å². The van der Waals surface area contributed by atoms with Crippen LogP contribution in [0.2, 0.25) is 0 Å². The Balaban J connectivity index is 0.00000117. The predicted molar refractivity (Wildman–Crippen MR) is 102 cm³/mol. The molecule has 0 aliphatic carbocycles. The number of carbonyl (C=O) groups is 1. The molecule has 0 aliphatic rings. The lowest BCUT2D eigenvalue weighted by molar-refractivity contribution is 0.111. The van der Waals surface area contributed by atoms with Crippen molar-refractivity contribution in [2.75, 3.05) is 14.2 Å². The molecule has 0 radical (unpaired) electrons. The summed E-state index contributed by atoms with van der Waals surface area (Å²) in [5.74, 6) is 0.825. The maximum Gasteiger partial charge on any atom is 0.259 e. The molecule has 0 fully saturated rings. The lowest BCUT2D eigenvalue weighted by Gasteiger charge is -2.14. The second-order valence-corrected chi connectivity index (χ2v) is 5.29. The lowest BCUT2D eigenvalue weighted by atomic mass is 9.99. The van der Waals surface area contributed by atoms with Crippen molar-refractivity contribution in [2.45, 2.75) is 13.8 Å². The van der Waals surface area contributed by atoms with Gasteiger partial charge in [-0.25, -0.2) is 0 Å². The summed E-state index contributed by atoms with van der Waals surface area (Å²) in [6.07, 6.45) is 5.64. The van der Waals surface area contributed by atoms with Gasteiger partial charge in [0.1, 0.15) is 11.5 Å². The van der Waals surface area contributed by atoms with E-state index in [0.29, 0.717) is 28.7 Å². The number of hydrogen-bond acceptors (Lipinski definition) is 5. The first-order chi connectivity index (χ1) is 12.6. The summed E-state index contributed by atoms with van der Waals surface area (Å²) >= 11 is 0. The van der Waals surface area contributed by atoms with E-state index in [0.717, 1.165) is 16.5 Å². The van der Waals surface area contributed by atoms with Gasteiger partial charge in [-0.2, -0.15) is 0 Å². The van der Waals surface area contributed by atoms with Gasteiger partial charge in [0.15, 0.2) is 6.29 Å². The monoisotopic (exact) mass is 354 g/mol. The highest BCUT2D eigenvalue weighted by Gasteiger charge is 2.15. The van der Waals surface area contributed by atoms with E-state index >= 15 is 0 Å². The van der Waals surface area contributed by atoms with Crippen molar-refractivity contribution in [1.29, 1.82) is 0 Å². The number of benzene rings is 1. The Labute approximate surface area is 152 Å². The second-order valence-electron chi connectivity index (χ2n) is 5.29. The van der Waals surface area contributed by atoms with Gasteiger partial charge in [-0.3, -0.25) is 14.6 Å². The Bertz CT molecular complexity index is 968. The van der Waals surface area contributed by atoms with Crippen LogP contribution in [0.4, 0.5) is 0 Å². The summed E-state index contributed by atoms with van der Waals surface area (Å²) in [5.41, 5.74) is 1.83. The topological polar surface area (TPSA) is 70.4 Å². The van der Waals surface area contributed by atoms with Crippen LogP contribution in [0.1, 0.15) is 24.2 Å². The zero-order valence-electron chi connectivity index (χ0n) is 15.6. The quantitative estimate of drug-likeness (QED) is 0.671. The van der Waals surface area contributed by atoms with Gasteiger partial charge < -0.3 is 14.0 Å². The van der Waals surface area contributed by atoms with Crippen LogP contribution in [0.25, 0.3) is 21.9 Å². The molecule has 0 aliphatic heterocycles. The van der Waals surface area contributed by atoms with E-state index in [-0.39, 0.29) is 5.56 Å². The van der Waals surface area contributed by atoms with E-state index < -0.39 is 0 Å².